The fraction of sp³-hybridized carbons (Fsp3) is 0.258. The molecule has 5 rings (SSSR count). The molecule has 0 saturated heterocycles. The molecule has 3 nitrogen and oxygen atoms in total. The van der Waals surface area contributed by atoms with E-state index in [1.54, 1.807) is 12.1 Å². The first kappa shape index (κ1) is 25.9. The van der Waals surface area contributed by atoms with E-state index < -0.39 is 11.8 Å². The highest BCUT2D eigenvalue weighted by atomic mass is 35.5. The first-order chi connectivity index (χ1) is 16.9. The van der Waals surface area contributed by atoms with E-state index in [0.717, 1.165) is 18.4 Å². The summed E-state index contributed by atoms with van der Waals surface area (Å²) in [5, 5.41) is 15.8. The van der Waals surface area contributed by atoms with Crippen LogP contribution < -0.4 is 5.32 Å². The fourth-order valence-electron chi connectivity index (χ4n) is 5.76. The Morgan fingerprint density at radius 3 is 2.39 bits per heavy atom. The first-order valence-corrected chi connectivity index (χ1v) is 12.3. The minimum atomic E-state index is -1.23. The van der Waals surface area contributed by atoms with Gasteiger partial charge in [0.05, 0.1) is 5.56 Å². The highest BCUT2D eigenvalue weighted by Gasteiger charge is 2.33. The molecule has 4 aromatic carbocycles. The number of benzene rings is 4. The van der Waals surface area contributed by atoms with E-state index in [2.05, 4.69) is 73.8 Å². The maximum atomic E-state index is 15.3. The summed E-state index contributed by atoms with van der Waals surface area (Å²) in [4.78, 5) is 11.6. The third-order valence-corrected chi connectivity index (χ3v) is 7.60. The van der Waals surface area contributed by atoms with E-state index in [9.17, 15) is 9.90 Å². The fourth-order valence-corrected chi connectivity index (χ4v) is 5.76. The van der Waals surface area contributed by atoms with Crippen LogP contribution in [-0.4, -0.2) is 17.1 Å². The minimum absolute atomic E-state index is 0. The van der Waals surface area contributed by atoms with Crippen LogP contribution in [-0.2, 0) is 6.42 Å². The van der Waals surface area contributed by atoms with Crippen LogP contribution in [0.5, 0.6) is 0 Å². The quantitative estimate of drug-likeness (QED) is 0.286. The number of halogens is 2. The van der Waals surface area contributed by atoms with Crippen LogP contribution in [0.4, 0.5) is 4.39 Å². The van der Waals surface area contributed by atoms with Gasteiger partial charge in [0.25, 0.3) is 0 Å². The molecule has 4 aromatic rings. The average molecular weight is 504 g/mol. The number of carboxylic acid groups (broad SMARTS) is 1. The van der Waals surface area contributed by atoms with Crippen LogP contribution in [0.15, 0.2) is 84.9 Å². The van der Waals surface area contributed by atoms with Crippen molar-refractivity contribution < 1.29 is 14.3 Å². The smallest absolute Gasteiger partial charge is 0.338 e. The van der Waals surface area contributed by atoms with E-state index in [-0.39, 0.29) is 41.9 Å². The van der Waals surface area contributed by atoms with Crippen LogP contribution in [0.25, 0.3) is 10.8 Å². The van der Waals surface area contributed by atoms with Crippen molar-refractivity contribution in [3.05, 3.63) is 119 Å². The molecule has 5 heteroatoms. The van der Waals surface area contributed by atoms with Gasteiger partial charge in [-0.1, -0.05) is 78.9 Å². The minimum Gasteiger partial charge on any atom is -0.478 e. The third-order valence-electron chi connectivity index (χ3n) is 7.60. The van der Waals surface area contributed by atoms with E-state index in [4.69, 9.17) is 0 Å². The third kappa shape index (κ3) is 4.88. The van der Waals surface area contributed by atoms with Crippen LogP contribution in [0.1, 0.15) is 64.8 Å². The molecule has 4 atom stereocenters. The molecule has 1 aliphatic carbocycles. The second-order valence-electron chi connectivity index (χ2n) is 9.71. The van der Waals surface area contributed by atoms with Gasteiger partial charge in [-0.3, -0.25) is 0 Å². The first-order valence-electron chi connectivity index (χ1n) is 12.3. The van der Waals surface area contributed by atoms with Crippen LogP contribution >= 0.6 is 12.4 Å². The van der Waals surface area contributed by atoms with Gasteiger partial charge in [0.2, 0.25) is 0 Å². The van der Waals surface area contributed by atoms with Gasteiger partial charge >= 0.3 is 5.97 Å². The zero-order chi connectivity index (χ0) is 24.5. The molecule has 0 radical (unpaired) electrons. The predicted molar refractivity (Wildman–Crippen MR) is 146 cm³/mol. The van der Waals surface area contributed by atoms with Crippen molar-refractivity contribution in [3.8, 4) is 0 Å². The van der Waals surface area contributed by atoms with E-state index in [1.807, 2.05) is 12.1 Å². The molecule has 1 aliphatic rings. The van der Waals surface area contributed by atoms with Gasteiger partial charge in [-0.15, -0.1) is 12.4 Å². The lowest BCUT2D eigenvalue weighted by Gasteiger charge is -2.37. The summed E-state index contributed by atoms with van der Waals surface area (Å²) in [5.41, 5.74) is 3.77. The summed E-state index contributed by atoms with van der Waals surface area (Å²) in [5.74, 6) is -1.75. The second kappa shape index (κ2) is 10.8. The molecule has 3 unspecified atom stereocenters. The van der Waals surface area contributed by atoms with Crippen molar-refractivity contribution in [3.63, 3.8) is 0 Å². The molecule has 0 amide bonds. The van der Waals surface area contributed by atoms with Gasteiger partial charge in [-0.2, -0.15) is 0 Å². The van der Waals surface area contributed by atoms with Crippen molar-refractivity contribution in [1.82, 2.24) is 5.32 Å². The number of hydrogen-bond acceptors (Lipinski definition) is 2. The van der Waals surface area contributed by atoms with E-state index >= 15 is 4.39 Å². The monoisotopic (exact) mass is 503 g/mol. The van der Waals surface area contributed by atoms with Crippen LogP contribution in [0.2, 0.25) is 0 Å². The van der Waals surface area contributed by atoms with Crippen molar-refractivity contribution in [2.75, 3.05) is 0 Å². The Labute approximate surface area is 217 Å². The molecule has 0 heterocycles. The number of carbonyl (C=O) groups is 1. The van der Waals surface area contributed by atoms with Gasteiger partial charge in [0.15, 0.2) is 0 Å². The molecule has 0 aromatic heterocycles. The number of fused-ring (bicyclic) bond motifs is 2. The lowest BCUT2D eigenvalue weighted by atomic mass is 9.71. The molecule has 0 bridgehead atoms. The highest BCUT2D eigenvalue weighted by Crippen LogP contribution is 2.42. The maximum absolute atomic E-state index is 15.3. The van der Waals surface area contributed by atoms with Gasteiger partial charge < -0.3 is 10.4 Å². The summed E-state index contributed by atoms with van der Waals surface area (Å²) in [6.07, 6.45) is 1.66. The maximum Gasteiger partial charge on any atom is 0.338 e. The van der Waals surface area contributed by atoms with Crippen molar-refractivity contribution in [2.24, 2.45) is 5.92 Å². The Balaban J connectivity index is 0.00000304. The Kier molecular flexibility index (Phi) is 7.77. The molecule has 36 heavy (non-hydrogen) atoms. The molecular formula is C31H31ClFNO2. The standard InChI is InChI=1S/C31H30FNO2.ClH/c1-19(33-20(2)24-14-7-11-21-9-3-5-12-25(21)24)23-17-22-10-4-6-13-26(22)29(18-23)27-15-8-16-28(30(27)32)31(34)35;/h3-16,19-20,23,29,33H,17-18H2,1-2H3,(H,34,35);1H/t19?,20-,23?,29?;/m1./s1. The Bertz CT molecular complexity index is 1380. The van der Waals surface area contributed by atoms with E-state index in [1.165, 1.54) is 28.0 Å². The molecule has 186 valence electrons. The highest BCUT2D eigenvalue weighted by molar-refractivity contribution is 5.88. The van der Waals surface area contributed by atoms with E-state index in [0.29, 0.717) is 5.56 Å². The zero-order valence-corrected chi connectivity index (χ0v) is 21.3. The second-order valence-corrected chi connectivity index (χ2v) is 9.71. The van der Waals surface area contributed by atoms with Gasteiger partial charge in [-0.25, -0.2) is 9.18 Å². The van der Waals surface area contributed by atoms with Gasteiger partial charge in [-0.05, 0) is 71.7 Å². The van der Waals surface area contributed by atoms with Crippen LogP contribution in [0.3, 0.4) is 0 Å². The average Bonchev–Trinajstić information content (AvgIpc) is 2.87. The lowest BCUT2D eigenvalue weighted by Crippen LogP contribution is -2.39. The molecular weight excluding hydrogens is 473 g/mol. The molecule has 0 saturated carbocycles. The number of nitrogens with one attached hydrogen (secondary N) is 1. The summed E-state index contributed by atoms with van der Waals surface area (Å²) in [6, 6.07) is 28.1. The normalized spacial score (nSPS) is 18.6. The van der Waals surface area contributed by atoms with Crippen molar-refractivity contribution in [1.29, 1.82) is 0 Å². The predicted octanol–water partition coefficient (Wildman–Crippen LogP) is 7.53. The molecule has 0 spiro atoms. The Morgan fingerprint density at radius 1 is 0.917 bits per heavy atom. The molecule has 0 fully saturated rings. The van der Waals surface area contributed by atoms with Crippen molar-refractivity contribution in [2.45, 2.75) is 44.7 Å². The zero-order valence-electron chi connectivity index (χ0n) is 20.4. The number of carboxylic acids is 1. The van der Waals surface area contributed by atoms with Gasteiger partial charge in [0.1, 0.15) is 5.82 Å². The Morgan fingerprint density at radius 2 is 1.58 bits per heavy atom. The summed E-state index contributed by atoms with van der Waals surface area (Å²) in [7, 11) is 0. The Hall–Kier alpha value is -3.21. The largest absolute Gasteiger partial charge is 0.478 e. The summed E-state index contributed by atoms with van der Waals surface area (Å²) in [6.45, 7) is 4.41. The number of rotatable bonds is 6. The summed E-state index contributed by atoms with van der Waals surface area (Å²) < 4.78 is 15.3. The summed E-state index contributed by atoms with van der Waals surface area (Å²) >= 11 is 0. The molecule has 2 N–H and O–H groups in total. The van der Waals surface area contributed by atoms with Gasteiger partial charge in [0, 0.05) is 18.0 Å². The number of aromatic carboxylic acids is 1. The number of hydrogen-bond donors (Lipinski definition) is 2. The van der Waals surface area contributed by atoms with Crippen molar-refractivity contribution >= 4 is 29.1 Å². The van der Waals surface area contributed by atoms with Crippen LogP contribution in [0, 0.1) is 11.7 Å². The lowest BCUT2D eigenvalue weighted by molar-refractivity contribution is 0.0691. The topological polar surface area (TPSA) is 49.3 Å². The molecule has 0 aliphatic heterocycles. The SMILES string of the molecule is CC(N[C@H](C)c1cccc2ccccc12)C1Cc2ccccc2C(c2cccc(C(=O)O)c2F)C1.Cl.